The molecule has 9 heteroatoms. The summed E-state index contributed by atoms with van der Waals surface area (Å²) in [5.74, 6) is -0.616. The van der Waals surface area contributed by atoms with Gasteiger partial charge >= 0.3 is 0 Å². The van der Waals surface area contributed by atoms with Gasteiger partial charge in [-0.2, -0.15) is 0 Å². The molecule has 1 aromatic heterocycles. The van der Waals surface area contributed by atoms with Crippen LogP contribution in [0.3, 0.4) is 0 Å². The average Bonchev–Trinajstić information content (AvgIpc) is 3.11. The van der Waals surface area contributed by atoms with Crippen LogP contribution in [0.5, 0.6) is 5.75 Å². The molecule has 3 aromatic rings. The second-order valence-electron chi connectivity index (χ2n) is 6.47. The number of thiophene rings is 1. The van der Waals surface area contributed by atoms with Gasteiger partial charge in [-0.05, 0) is 42.6 Å². The Morgan fingerprint density at radius 3 is 2.61 bits per heavy atom. The van der Waals surface area contributed by atoms with E-state index in [9.17, 15) is 18.3 Å². The molecule has 3 rings (SSSR count). The van der Waals surface area contributed by atoms with Crippen molar-refractivity contribution in [2.24, 2.45) is 5.73 Å². The lowest BCUT2D eigenvalue weighted by Gasteiger charge is -2.22. The minimum atomic E-state index is -3.98. The van der Waals surface area contributed by atoms with Gasteiger partial charge in [0, 0.05) is 16.1 Å². The summed E-state index contributed by atoms with van der Waals surface area (Å²) < 4.78 is 33.7. The number of amides is 1. The fraction of sp³-hybridized carbons (Fsp3) is 0.211. The van der Waals surface area contributed by atoms with Crippen molar-refractivity contribution in [2.75, 3.05) is 13.7 Å². The fourth-order valence-electron chi connectivity index (χ4n) is 2.70. The fourth-order valence-corrected chi connectivity index (χ4v) is 4.96. The van der Waals surface area contributed by atoms with Crippen LogP contribution in [0.15, 0.2) is 53.4 Å². The second kappa shape index (κ2) is 7.51. The number of carbonyl (C=O) groups is 1. The van der Waals surface area contributed by atoms with Gasteiger partial charge in [-0.1, -0.05) is 18.2 Å². The summed E-state index contributed by atoms with van der Waals surface area (Å²) in [6.45, 7) is 1.31. The molecule has 1 heterocycles. The molecule has 1 unspecified atom stereocenters. The number of benzene rings is 2. The molecule has 1 amide bonds. The Hall–Kier alpha value is -2.46. The molecule has 0 radical (unpaired) electrons. The molecule has 28 heavy (non-hydrogen) atoms. The van der Waals surface area contributed by atoms with Gasteiger partial charge in [-0.25, -0.2) is 13.1 Å². The largest absolute Gasteiger partial charge is 0.496 e. The predicted molar refractivity (Wildman–Crippen MR) is 108 cm³/mol. The van der Waals surface area contributed by atoms with Gasteiger partial charge in [0.15, 0.2) is 0 Å². The highest BCUT2D eigenvalue weighted by Crippen LogP contribution is 2.33. The maximum atomic E-state index is 12.6. The van der Waals surface area contributed by atoms with E-state index in [1.807, 2.05) is 30.3 Å². The minimum Gasteiger partial charge on any atom is -0.496 e. The molecule has 2 aromatic carbocycles. The minimum absolute atomic E-state index is 0.0401. The van der Waals surface area contributed by atoms with E-state index >= 15 is 0 Å². The molecule has 4 N–H and O–H groups in total. The number of sulfonamides is 1. The van der Waals surface area contributed by atoms with E-state index in [0.717, 1.165) is 16.2 Å². The average molecular weight is 421 g/mol. The molecule has 1 atom stereocenters. The highest BCUT2D eigenvalue weighted by molar-refractivity contribution is 7.89. The molecule has 0 aliphatic rings. The third-order valence-electron chi connectivity index (χ3n) is 4.31. The number of primary amides is 1. The number of nitrogens with two attached hydrogens (primary N) is 1. The summed E-state index contributed by atoms with van der Waals surface area (Å²) in [5.41, 5.74) is 3.84. The monoisotopic (exact) mass is 420 g/mol. The normalized spacial score (nSPS) is 14.0. The SMILES string of the molecule is COc1ccc(S(=O)(=O)NCC(C)(O)c2cc3ccccc3s2)cc1C(N)=O. The van der Waals surface area contributed by atoms with Crippen molar-refractivity contribution in [3.63, 3.8) is 0 Å². The van der Waals surface area contributed by atoms with Crippen LogP contribution in [0.25, 0.3) is 10.1 Å². The zero-order valence-electron chi connectivity index (χ0n) is 15.3. The van der Waals surface area contributed by atoms with Gasteiger partial charge in [-0.15, -0.1) is 11.3 Å². The Morgan fingerprint density at radius 2 is 1.96 bits per heavy atom. The number of hydrogen-bond donors (Lipinski definition) is 3. The zero-order chi connectivity index (χ0) is 20.5. The van der Waals surface area contributed by atoms with Gasteiger partial charge in [0.2, 0.25) is 10.0 Å². The number of ether oxygens (including phenoxy) is 1. The van der Waals surface area contributed by atoms with Crippen LogP contribution in [0.4, 0.5) is 0 Å². The third-order valence-corrected chi connectivity index (χ3v) is 7.08. The Labute approximate surface area is 166 Å². The molecule has 7 nitrogen and oxygen atoms in total. The van der Waals surface area contributed by atoms with E-state index in [1.54, 1.807) is 6.92 Å². The lowest BCUT2D eigenvalue weighted by atomic mass is 10.1. The molecule has 0 saturated carbocycles. The molecule has 0 bridgehead atoms. The first kappa shape index (κ1) is 20.3. The quantitative estimate of drug-likeness (QED) is 0.541. The van der Waals surface area contributed by atoms with Crippen molar-refractivity contribution >= 4 is 37.4 Å². The summed E-state index contributed by atoms with van der Waals surface area (Å²) in [4.78, 5) is 12.0. The van der Waals surface area contributed by atoms with E-state index < -0.39 is 21.5 Å². The van der Waals surface area contributed by atoms with Crippen LogP contribution in [0.1, 0.15) is 22.2 Å². The van der Waals surface area contributed by atoms with Gasteiger partial charge in [-0.3, -0.25) is 4.79 Å². The molecule has 0 aliphatic carbocycles. The number of nitrogens with one attached hydrogen (secondary N) is 1. The van der Waals surface area contributed by atoms with Crippen molar-refractivity contribution in [2.45, 2.75) is 17.4 Å². The first-order valence-corrected chi connectivity index (χ1v) is 10.6. The van der Waals surface area contributed by atoms with E-state index in [-0.39, 0.29) is 22.8 Å². The van der Waals surface area contributed by atoms with Crippen LogP contribution in [0, 0.1) is 0 Å². The number of methoxy groups -OCH3 is 1. The Kier molecular flexibility index (Phi) is 5.44. The molecule has 0 fully saturated rings. The molecule has 0 spiro atoms. The van der Waals surface area contributed by atoms with Crippen LogP contribution >= 0.6 is 11.3 Å². The number of fused-ring (bicyclic) bond motifs is 1. The molecular formula is C19H20N2O5S2. The van der Waals surface area contributed by atoms with Crippen molar-refractivity contribution in [3.05, 3.63) is 59.0 Å². The van der Waals surface area contributed by atoms with Crippen molar-refractivity contribution < 1.29 is 23.1 Å². The van der Waals surface area contributed by atoms with Crippen LogP contribution < -0.4 is 15.2 Å². The van der Waals surface area contributed by atoms with E-state index in [2.05, 4.69) is 4.72 Å². The summed E-state index contributed by atoms with van der Waals surface area (Å²) in [5, 5.41) is 11.8. The number of carbonyl (C=O) groups excluding carboxylic acids is 1. The number of aliphatic hydroxyl groups is 1. The Balaban J connectivity index is 1.84. The molecule has 148 valence electrons. The molecule has 0 aliphatic heterocycles. The summed E-state index contributed by atoms with van der Waals surface area (Å²) >= 11 is 1.40. The van der Waals surface area contributed by atoms with Crippen LogP contribution in [0.2, 0.25) is 0 Å². The topological polar surface area (TPSA) is 119 Å². The smallest absolute Gasteiger partial charge is 0.252 e. The first-order chi connectivity index (χ1) is 13.1. The first-order valence-electron chi connectivity index (χ1n) is 8.33. The van der Waals surface area contributed by atoms with Crippen LogP contribution in [-0.4, -0.2) is 33.1 Å². The van der Waals surface area contributed by atoms with Crippen molar-refractivity contribution in [1.82, 2.24) is 4.72 Å². The summed E-state index contributed by atoms with van der Waals surface area (Å²) in [6.07, 6.45) is 0. The maximum Gasteiger partial charge on any atom is 0.252 e. The van der Waals surface area contributed by atoms with Crippen molar-refractivity contribution in [1.29, 1.82) is 0 Å². The van der Waals surface area contributed by atoms with Gasteiger partial charge in [0.05, 0.1) is 17.6 Å². The van der Waals surface area contributed by atoms with E-state index in [4.69, 9.17) is 10.5 Å². The molecular weight excluding hydrogens is 400 g/mol. The zero-order valence-corrected chi connectivity index (χ0v) is 16.9. The summed E-state index contributed by atoms with van der Waals surface area (Å²) in [6, 6.07) is 13.3. The predicted octanol–water partition coefficient (Wildman–Crippen LogP) is 2.19. The summed E-state index contributed by atoms with van der Waals surface area (Å²) in [7, 11) is -2.62. The Bertz CT molecular complexity index is 1100. The lowest BCUT2D eigenvalue weighted by Crippen LogP contribution is -2.38. The van der Waals surface area contributed by atoms with Gasteiger partial charge in [0.25, 0.3) is 5.91 Å². The third kappa shape index (κ3) is 4.02. The second-order valence-corrected chi connectivity index (χ2v) is 9.32. The Morgan fingerprint density at radius 1 is 1.25 bits per heavy atom. The van der Waals surface area contributed by atoms with Gasteiger partial charge in [0.1, 0.15) is 11.4 Å². The lowest BCUT2D eigenvalue weighted by molar-refractivity contribution is 0.0666. The van der Waals surface area contributed by atoms with E-state index in [0.29, 0.717) is 4.88 Å². The number of hydrogen-bond acceptors (Lipinski definition) is 6. The number of rotatable bonds is 7. The molecule has 0 saturated heterocycles. The highest BCUT2D eigenvalue weighted by atomic mass is 32.2. The standard InChI is InChI=1S/C19H20N2O5S2/c1-19(23,17-9-12-5-3-4-6-16(12)27-17)11-21-28(24,25)13-7-8-15(26-2)14(10-13)18(20)22/h3-10,21,23H,11H2,1-2H3,(H2,20,22). The van der Waals surface area contributed by atoms with E-state index in [1.165, 1.54) is 30.6 Å². The maximum absolute atomic E-state index is 12.6. The van der Waals surface area contributed by atoms with Gasteiger partial charge < -0.3 is 15.6 Å². The highest BCUT2D eigenvalue weighted by Gasteiger charge is 2.28. The van der Waals surface area contributed by atoms with Crippen LogP contribution in [-0.2, 0) is 15.6 Å². The van der Waals surface area contributed by atoms with Crippen molar-refractivity contribution in [3.8, 4) is 5.75 Å².